The van der Waals surface area contributed by atoms with Gasteiger partial charge in [-0.15, -0.1) is 0 Å². The van der Waals surface area contributed by atoms with E-state index < -0.39 is 24.0 Å². The number of carbonyl (C=O) groups is 2. The van der Waals surface area contributed by atoms with Gasteiger partial charge in [0.25, 0.3) is 0 Å². The maximum absolute atomic E-state index is 12.6. The highest BCUT2D eigenvalue weighted by molar-refractivity contribution is 5.98. The minimum absolute atomic E-state index is 0.0552. The predicted octanol–water partition coefficient (Wildman–Crippen LogP) is 3.22. The summed E-state index contributed by atoms with van der Waals surface area (Å²) >= 11 is 0. The molecule has 0 spiro atoms. The van der Waals surface area contributed by atoms with Gasteiger partial charge in [0.2, 0.25) is 5.91 Å². The van der Waals surface area contributed by atoms with Crippen LogP contribution in [-0.2, 0) is 16.0 Å². The van der Waals surface area contributed by atoms with Gasteiger partial charge in [0.15, 0.2) is 0 Å². The summed E-state index contributed by atoms with van der Waals surface area (Å²) in [4.78, 5) is 23.7. The summed E-state index contributed by atoms with van der Waals surface area (Å²) in [6.45, 7) is 1.76. The minimum atomic E-state index is -5.06. The van der Waals surface area contributed by atoms with Crippen molar-refractivity contribution in [1.29, 1.82) is 0 Å². The van der Waals surface area contributed by atoms with Gasteiger partial charge in [0.1, 0.15) is 6.04 Å². The number of rotatable bonds is 5. The molecule has 0 fully saturated rings. The number of hydrogen-bond acceptors (Lipinski definition) is 2. The number of hydrogen-bond donors (Lipinski definition) is 2. The molecule has 0 saturated carbocycles. The first-order chi connectivity index (χ1) is 11.8. The van der Waals surface area contributed by atoms with Gasteiger partial charge in [0.05, 0.1) is 0 Å². The summed E-state index contributed by atoms with van der Waals surface area (Å²) in [6, 6.07) is 14.0. The second-order valence-corrected chi connectivity index (χ2v) is 5.52. The van der Waals surface area contributed by atoms with E-state index in [1.807, 2.05) is 0 Å². The van der Waals surface area contributed by atoms with Crippen LogP contribution in [-0.4, -0.2) is 24.0 Å². The van der Waals surface area contributed by atoms with E-state index in [0.717, 1.165) is 5.56 Å². The van der Waals surface area contributed by atoms with Crippen molar-refractivity contribution in [2.45, 2.75) is 25.6 Å². The Bertz CT molecular complexity index is 745. The zero-order chi connectivity index (χ0) is 18.4. The molecule has 2 aromatic carbocycles. The molecule has 0 aliphatic rings. The average Bonchev–Trinajstić information content (AvgIpc) is 2.56. The Hall–Kier alpha value is -2.83. The van der Waals surface area contributed by atoms with Gasteiger partial charge in [0, 0.05) is 12.1 Å². The van der Waals surface area contributed by atoms with E-state index in [9.17, 15) is 22.8 Å². The predicted molar refractivity (Wildman–Crippen MR) is 87.9 cm³/mol. The standard InChI is InChI=1S/C18H17F3N2O2/c1-12-7-5-6-10-14(12)22-16(24)15(23-17(25)18(19,20)21)11-13-8-3-2-4-9-13/h2-10,15H,11H2,1H3,(H,22,24)(H,23,25). The fraction of sp³-hybridized carbons (Fsp3) is 0.222. The fourth-order valence-electron chi connectivity index (χ4n) is 2.23. The number of para-hydroxylation sites is 1. The summed E-state index contributed by atoms with van der Waals surface area (Å²) < 4.78 is 37.7. The van der Waals surface area contributed by atoms with Crippen molar-refractivity contribution in [3.8, 4) is 0 Å². The molecule has 2 aromatic rings. The van der Waals surface area contributed by atoms with E-state index >= 15 is 0 Å². The molecule has 25 heavy (non-hydrogen) atoms. The lowest BCUT2D eigenvalue weighted by atomic mass is 10.0. The Balaban J connectivity index is 2.19. The van der Waals surface area contributed by atoms with E-state index in [-0.39, 0.29) is 6.42 Å². The van der Waals surface area contributed by atoms with Crippen molar-refractivity contribution in [2.24, 2.45) is 0 Å². The Kier molecular flexibility index (Phi) is 5.80. The number of amides is 2. The van der Waals surface area contributed by atoms with Gasteiger partial charge in [-0.3, -0.25) is 9.59 Å². The molecule has 0 aliphatic carbocycles. The summed E-state index contributed by atoms with van der Waals surface area (Å²) in [7, 11) is 0. The Labute approximate surface area is 143 Å². The summed E-state index contributed by atoms with van der Waals surface area (Å²) in [5, 5.41) is 4.34. The minimum Gasteiger partial charge on any atom is -0.336 e. The number of benzene rings is 2. The molecular weight excluding hydrogens is 333 g/mol. The molecule has 2 rings (SSSR count). The van der Waals surface area contributed by atoms with Crippen LogP contribution in [0.2, 0.25) is 0 Å². The number of aryl methyl sites for hydroxylation is 1. The van der Waals surface area contributed by atoms with Crippen LogP contribution in [0, 0.1) is 6.92 Å². The van der Waals surface area contributed by atoms with Crippen molar-refractivity contribution < 1.29 is 22.8 Å². The van der Waals surface area contributed by atoms with Crippen LogP contribution in [0.3, 0.4) is 0 Å². The van der Waals surface area contributed by atoms with Crippen molar-refractivity contribution in [3.63, 3.8) is 0 Å². The molecule has 1 atom stereocenters. The maximum Gasteiger partial charge on any atom is 0.471 e. The third-order valence-electron chi connectivity index (χ3n) is 3.56. The summed E-state index contributed by atoms with van der Waals surface area (Å²) in [6.07, 6.45) is -5.11. The number of nitrogens with one attached hydrogen (secondary N) is 2. The number of anilines is 1. The molecule has 0 radical (unpaired) electrons. The lowest BCUT2D eigenvalue weighted by Gasteiger charge is -2.20. The van der Waals surface area contributed by atoms with Gasteiger partial charge < -0.3 is 10.6 Å². The van der Waals surface area contributed by atoms with Gasteiger partial charge in [-0.25, -0.2) is 0 Å². The van der Waals surface area contributed by atoms with E-state index in [1.165, 1.54) is 0 Å². The molecule has 1 unspecified atom stereocenters. The van der Waals surface area contributed by atoms with Crippen LogP contribution < -0.4 is 10.6 Å². The van der Waals surface area contributed by atoms with Crippen LogP contribution in [0.4, 0.5) is 18.9 Å². The lowest BCUT2D eigenvalue weighted by molar-refractivity contribution is -0.174. The smallest absolute Gasteiger partial charge is 0.336 e. The Morgan fingerprint density at radius 1 is 1.00 bits per heavy atom. The number of carbonyl (C=O) groups excluding carboxylic acids is 2. The quantitative estimate of drug-likeness (QED) is 0.870. The van der Waals surface area contributed by atoms with Crippen LogP contribution in [0.1, 0.15) is 11.1 Å². The van der Waals surface area contributed by atoms with E-state index in [2.05, 4.69) is 5.32 Å². The molecule has 2 N–H and O–H groups in total. The SMILES string of the molecule is Cc1ccccc1NC(=O)C(Cc1ccccc1)NC(=O)C(F)(F)F. The molecular formula is C18H17F3N2O2. The topological polar surface area (TPSA) is 58.2 Å². The highest BCUT2D eigenvalue weighted by Crippen LogP contribution is 2.17. The largest absolute Gasteiger partial charge is 0.471 e. The van der Waals surface area contributed by atoms with E-state index in [4.69, 9.17) is 0 Å². The Morgan fingerprint density at radius 2 is 1.60 bits per heavy atom. The molecule has 0 heterocycles. The number of alkyl halides is 3. The van der Waals surface area contributed by atoms with Crippen LogP contribution in [0.25, 0.3) is 0 Å². The molecule has 132 valence electrons. The normalized spacial score (nSPS) is 12.3. The highest BCUT2D eigenvalue weighted by atomic mass is 19.4. The summed E-state index contributed by atoms with van der Waals surface area (Å²) in [5.74, 6) is -2.86. The zero-order valence-corrected chi connectivity index (χ0v) is 13.4. The molecule has 0 aliphatic heterocycles. The molecule has 7 heteroatoms. The Morgan fingerprint density at radius 3 is 2.20 bits per heavy atom. The van der Waals surface area contributed by atoms with Crippen LogP contribution >= 0.6 is 0 Å². The molecule has 0 saturated heterocycles. The second kappa shape index (κ2) is 7.83. The number of halogens is 3. The van der Waals surface area contributed by atoms with Crippen molar-refractivity contribution in [3.05, 3.63) is 65.7 Å². The van der Waals surface area contributed by atoms with Gasteiger partial charge in [-0.05, 0) is 24.1 Å². The van der Waals surface area contributed by atoms with Gasteiger partial charge in [-0.2, -0.15) is 13.2 Å². The molecule has 4 nitrogen and oxygen atoms in total. The highest BCUT2D eigenvalue weighted by Gasteiger charge is 2.40. The van der Waals surface area contributed by atoms with Gasteiger partial charge in [-0.1, -0.05) is 48.5 Å². The lowest BCUT2D eigenvalue weighted by Crippen LogP contribution is -2.49. The third-order valence-corrected chi connectivity index (χ3v) is 3.56. The summed E-state index contributed by atoms with van der Waals surface area (Å²) in [5.41, 5.74) is 1.87. The first-order valence-electron chi connectivity index (χ1n) is 7.55. The van der Waals surface area contributed by atoms with Crippen molar-refractivity contribution in [1.82, 2.24) is 5.32 Å². The maximum atomic E-state index is 12.6. The third kappa shape index (κ3) is 5.34. The first kappa shape index (κ1) is 18.5. The fourth-order valence-corrected chi connectivity index (χ4v) is 2.23. The molecule has 2 amide bonds. The van der Waals surface area contributed by atoms with E-state index in [0.29, 0.717) is 11.3 Å². The average molecular weight is 350 g/mol. The van der Waals surface area contributed by atoms with Crippen molar-refractivity contribution >= 4 is 17.5 Å². The second-order valence-electron chi connectivity index (χ2n) is 5.52. The van der Waals surface area contributed by atoms with Crippen molar-refractivity contribution in [2.75, 3.05) is 5.32 Å². The first-order valence-corrected chi connectivity index (χ1v) is 7.55. The van der Waals surface area contributed by atoms with Crippen LogP contribution in [0.15, 0.2) is 54.6 Å². The van der Waals surface area contributed by atoms with E-state index in [1.54, 1.807) is 66.8 Å². The molecule has 0 aromatic heterocycles. The monoisotopic (exact) mass is 350 g/mol. The molecule has 0 bridgehead atoms. The van der Waals surface area contributed by atoms with Gasteiger partial charge >= 0.3 is 12.1 Å². The zero-order valence-electron chi connectivity index (χ0n) is 13.4. The van der Waals surface area contributed by atoms with Crippen LogP contribution in [0.5, 0.6) is 0 Å².